The number of amides is 1. The Balaban J connectivity index is 1.42. The summed E-state index contributed by atoms with van der Waals surface area (Å²) in [6, 6.07) is 12.7. The summed E-state index contributed by atoms with van der Waals surface area (Å²) in [4.78, 5) is 14.4. The van der Waals surface area contributed by atoms with Crippen molar-refractivity contribution in [1.29, 1.82) is 0 Å². The van der Waals surface area contributed by atoms with E-state index in [-0.39, 0.29) is 33.8 Å². The molecule has 1 spiro atoms. The predicted octanol–water partition coefficient (Wildman–Crippen LogP) is 4.25. The summed E-state index contributed by atoms with van der Waals surface area (Å²) < 4.78 is 39.9. The first-order valence-corrected chi connectivity index (χ1v) is 12.9. The highest BCUT2D eigenvalue weighted by atomic mass is 32.2. The lowest BCUT2D eigenvalue weighted by Gasteiger charge is -2.28. The summed E-state index contributed by atoms with van der Waals surface area (Å²) in [6.07, 6.45) is 4.07. The number of aromatic nitrogens is 1. The molecule has 1 N–H and O–H groups in total. The summed E-state index contributed by atoms with van der Waals surface area (Å²) in [5.74, 6) is 1.14. The molecular weight excluding hydrogens is 454 g/mol. The Morgan fingerprint density at radius 1 is 1.21 bits per heavy atom. The first-order chi connectivity index (χ1) is 16.3. The third kappa shape index (κ3) is 3.14. The van der Waals surface area contributed by atoms with Crippen molar-refractivity contribution in [1.82, 2.24) is 5.16 Å². The van der Waals surface area contributed by atoms with Gasteiger partial charge in [0.2, 0.25) is 5.91 Å². The van der Waals surface area contributed by atoms with Crippen LogP contribution in [0.25, 0.3) is 11.3 Å². The van der Waals surface area contributed by atoms with Gasteiger partial charge in [-0.1, -0.05) is 23.4 Å². The van der Waals surface area contributed by atoms with Crippen molar-refractivity contribution in [2.45, 2.75) is 55.4 Å². The first-order valence-electron chi connectivity index (χ1n) is 11.4. The molecule has 1 saturated carbocycles. The second kappa shape index (κ2) is 7.33. The minimum atomic E-state index is -3.94. The average molecular weight is 480 g/mol. The van der Waals surface area contributed by atoms with Crippen LogP contribution in [0.1, 0.15) is 43.7 Å². The quantitative estimate of drug-likeness (QED) is 0.587. The topological polar surface area (TPSA) is 102 Å². The Morgan fingerprint density at radius 2 is 2.00 bits per heavy atom. The van der Waals surface area contributed by atoms with E-state index in [1.54, 1.807) is 18.2 Å². The molecule has 2 aliphatic carbocycles. The van der Waals surface area contributed by atoms with Crippen molar-refractivity contribution < 1.29 is 22.5 Å². The third-order valence-corrected chi connectivity index (χ3v) is 8.71. The van der Waals surface area contributed by atoms with Crippen LogP contribution < -0.4 is 14.4 Å². The molecule has 0 radical (unpaired) electrons. The zero-order valence-corrected chi connectivity index (χ0v) is 19.8. The van der Waals surface area contributed by atoms with Crippen molar-refractivity contribution in [2.24, 2.45) is 0 Å². The highest BCUT2D eigenvalue weighted by Crippen LogP contribution is 2.59. The van der Waals surface area contributed by atoms with Crippen LogP contribution in [0.3, 0.4) is 0 Å². The number of methoxy groups -OCH3 is 1. The molecule has 0 unspecified atom stereocenters. The minimum Gasteiger partial charge on any atom is -0.495 e. The number of carbonyl (C=O) groups excluding carboxylic acids is 1. The van der Waals surface area contributed by atoms with Gasteiger partial charge in [0.15, 0.2) is 11.6 Å². The summed E-state index contributed by atoms with van der Waals surface area (Å²) in [5.41, 5.74) is 3.61. The highest BCUT2D eigenvalue weighted by Gasteiger charge is 2.51. The van der Waals surface area contributed by atoms with Crippen LogP contribution in [0.15, 0.2) is 51.9 Å². The number of ether oxygens (including phenoxy) is 1. The number of para-hydroxylation sites is 1. The van der Waals surface area contributed by atoms with Crippen LogP contribution >= 0.6 is 0 Å². The molecule has 2 fully saturated rings. The fourth-order valence-electron chi connectivity index (χ4n) is 5.38. The smallest absolute Gasteiger partial charge is 0.266 e. The maximum absolute atomic E-state index is 13.2. The SMILES string of the molecule is COc1ccccc1S(=O)(=O)Nc1noc2c1CC1(CC1)c1ccc(N3C(=O)CC[C@@H]3C)cc1-2. The highest BCUT2D eigenvalue weighted by molar-refractivity contribution is 7.92. The lowest BCUT2D eigenvalue weighted by Crippen LogP contribution is -2.31. The number of nitrogens with one attached hydrogen (secondary N) is 1. The second-order valence-electron chi connectivity index (χ2n) is 9.43. The van der Waals surface area contributed by atoms with E-state index < -0.39 is 10.0 Å². The van der Waals surface area contributed by atoms with E-state index in [0.29, 0.717) is 18.6 Å². The van der Waals surface area contributed by atoms with Crippen molar-refractivity contribution in [3.05, 3.63) is 53.6 Å². The van der Waals surface area contributed by atoms with E-state index in [2.05, 4.69) is 22.9 Å². The first kappa shape index (κ1) is 21.2. The normalized spacial score (nSPS) is 20.2. The van der Waals surface area contributed by atoms with Gasteiger partial charge >= 0.3 is 0 Å². The molecule has 3 aliphatic rings. The van der Waals surface area contributed by atoms with E-state index in [1.807, 2.05) is 17.0 Å². The number of fused-ring (bicyclic) bond motifs is 4. The van der Waals surface area contributed by atoms with E-state index in [1.165, 1.54) is 18.7 Å². The Bertz CT molecular complexity index is 1420. The van der Waals surface area contributed by atoms with Gasteiger partial charge in [-0.3, -0.25) is 9.52 Å². The Kier molecular flexibility index (Phi) is 4.58. The molecule has 1 amide bonds. The molecule has 1 atom stereocenters. The van der Waals surface area contributed by atoms with Crippen LogP contribution in [-0.4, -0.2) is 32.6 Å². The van der Waals surface area contributed by atoms with Crippen LogP contribution in [0, 0.1) is 0 Å². The summed E-state index contributed by atoms with van der Waals surface area (Å²) in [5, 5.41) is 4.13. The number of hydrogen-bond donors (Lipinski definition) is 1. The van der Waals surface area contributed by atoms with Gasteiger partial charge in [0.1, 0.15) is 10.6 Å². The number of anilines is 2. The number of carbonyl (C=O) groups is 1. The number of rotatable bonds is 5. The molecule has 1 aliphatic heterocycles. The molecule has 1 aromatic heterocycles. The maximum Gasteiger partial charge on any atom is 0.266 e. The summed E-state index contributed by atoms with van der Waals surface area (Å²) in [7, 11) is -2.51. The molecule has 0 bridgehead atoms. The van der Waals surface area contributed by atoms with Gasteiger partial charge in [-0.15, -0.1) is 0 Å². The summed E-state index contributed by atoms with van der Waals surface area (Å²) in [6.45, 7) is 2.05. The van der Waals surface area contributed by atoms with Crippen LogP contribution in [-0.2, 0) is 26.7 Å². The molecule has 176 valence electrons. The molecule has 6 rings (SSSR count). The van der Waals surface area contributed by atoms with Crippen molar-refractivity contribution >= 4 is 27.4 Å². The van der Waals surface area contributed by atoms with Crippen molar-refractivity contribution in [2.75, 3.05) is 16.7 Å². The fourth-order valence-corrected chi connectivity index (χ4v) is 6.58. The zero-order valence-electron chi connectivity index (χ0n) is 19.0. The second-order valence-corrected chi connectivity index (χ2v) is 11.1. The lowest BCUT2D eigenvalue weighted by molar-refractivity contribution is -0.117. The van der Waals surface area contributed by atoms with Gasteiger partial charge in [-0.25, -0.2) is 8.42 Å². The van der Waals surface area contributed by atoms with Gasteiger partial charge < -0.3 is 14.2 Å². The standard InChI is InChI=1S/C25H25N3O5S/c1-15-7-10-22(29)28(15)16-8-9-19-17(13-16)23-18(14-25(19)11-12-25)24(26-33-23)27-34(30,31)21-6-4-3-5-20(21)32-2/h3-6,8-9,13,15H,7,10-12,14H2,1-2H3,(H,26,27)/t15-/m0/s1. The Hall–Kier alpha value is -3.33. The summed E-state index contributed by atoms with van der Waals surface area (Å²) >= 11 is 0. The molecule has 9 heteroatoms. The number of nitrogens with zero attached hydrogens (tertiary/aromatic N) is 2. The van der Waals surface area contributed by atoms with Crippen LogP contribution in [0.4, 0.5) is 11.5 Å². The van der Waals surface area contributed by atoms with Gasteiger partial charge in [-0.05, 0) is 62.4 Å². The van der Waals surface area contributed by atoms with Gasteiger partial charge in [0, 0.05) is 34.7 Å². The molecule has 2 aromatic carbocycles. The molecular formula is C25H25N3O5S. The van der Waals surface area contributed by atoms with E-state index in [9.17, 15) is 13.2 Å². The lowest BCUT2D eigenvalue weighted by atomic mass is 9.79. The minimum absolute atomic E-state index is 0.0374. The Morgan fingerprint density at radius 3 is 2.71 bits per heavy atom. The number of benzene rings is 2. The van der Waals surface area contributed by atoms with Crippen LogP contribution in [0.5, 0.6) is 5.75 Å². The fraction of sp³-hybridized carbons (Fsp3) is 0.360. The molecule has 3 aromatic rings. The van der Waals surface area contributed by atoms with E-state index >= 15 is 0 Å². The zero-order chi connectivity index (χ0) is 23.7. The van der Waals surface area contributed by atoms with Crippen molar-refractivity contribution in [3.63, 3.8) is 0 Å². The largest absolute Gasteiger partial charge is 0.495 e. The molecule has 34 heavy (non-hydrogen) atoms. The van der Waals surface area contributed by atoms with E-state index in [0.717, 1.165) is 36.1 Å². The molecule has 2 heterocycles. The number of sulfonamides is 1. The predicted molar refractivity (Wildman–Crippen MR) is 127 cm³/mol. The third-order valence-electron chi connectivity index (χ3n) is 7.33. The van der Waals surface area contributed by atoms with Crippen LogP contribution in [0.2, 0.25) is 0 Å². The van der Waals surface area contributed by atoms with Gasteiger partial charge in [0.05, 0.1) is 7.11 Å². The van der Waals surface area contributed by atoms with Gasteiger partial charge in [-0.2, -0.15) is 0 Å². The monoisotopic (exact) mass is 479 g/mol. The van der Waals surface area contributed by atoms with Gasteiger partial charge in [0.25, 0.3) is 10.0 Å². The number of hydrogen-bond acceptors (Lipinski definition) is 6. The van der Waals surface area contributed by atoms with Crippen molar-refractivity contribution in [3.8, 4) is 17.1 Å². The molecule has 1 saturated heterocycles. The molecule has 8 nitrogen and oxygen atoms in total. The maximum atomic E-state index is 13.2. The average Bonchev–Trinajstić information content (AvgIpc) is 3.37. The Labute approximate surface area is 197 Å². The van der Waals surface area contributed by atoms with E-state index in [4.69, 9.17) is 9.26 Å².